The highest BCUT2D eigenvalue weighted by atomic mass is 35.5. The van der Waals surface area contributed by atoms with Gasteiger partial charge in [-0.25, -0.2) is 0 Å². The van der Waals surface area contributed by atoms with Crippen LogP contribution in [0.2, 0.25) is 5.02 Å². The molecule has 0 atom stereocenters. The van der Waals surface area contributed by atoms with E-state index >= 15 is 0 Å². The molecule has 1 aromatic rings. The summed E-state index contributed by atoms with van der Waals surface area (Å²) in [7, 11) is 0. The van der Waals surface area contributed by atoms with Crippen molar-refractivity contribution in [1.82, 2.24) is 0 Å². The SMILES string of the molecule is Cc1c(OC(F)F)c(Cl)cc[n+]1[O-]. The quantitative estimate of drug-likeness (QED) is 0.551. The van der Waals surface area contributed by atoms with Gasteiger partial charge in [-0.3, -0.25) is 0 Å². The molecular weight excluding hydrogens is 204 g/mol. The second-order valence-corrected chi connectivity index (χ2v) is 2.69. The number of rotatable bonds is 2. The van der Waals surface area contributed by atoms with E-state index in [2.05, 4.69) is 4.74 Å². The normalized spacial score (nSPS) is 10.5. The van der Waals surface area contributed by atoms with Gasteiger partial charge in [0.25, 0.3) is 0 Å². The van der Waals surface area contributed by atoms with Gasteiger partial charge in [-0.2, -0.15) is 13.5 Å². The summed E-state index contributed by atoms with van der Waals surface area (Å²) >= 11 is 5.54. The van der Waals surface area contributed by atoms with E-state index in [4.69, 9.17) is 11.6 Å². The minimum Gasteiger partial charge on any atom is -0.618 e. The molecule has 0 aliphatic carbocycles. The fraction of sp³-hybridized carbons (Fsp3) is 0.286. The Labute approximate surface area is 78.1 Å². The van der Waals surface area contributed by atoms with Gasteiger partial charge < -0.3 is 9.94 Å². The highest BCUT2D eigenvalue weighted by Crippen LogP contribution is 2.26. The van der Waals surface area contributed by atoms with E-state index in [1.807, 2.05) is 0 Å². The molecule has 1 heterocycles. The first-order chi connectivity index (χ1) is 6.02. The van der Waals surface area contributed by atoms with Crippen LogP contribution in [-0.4, -0.2) is 6.61 Å². The Hall–Kier alpha value is -1.10. The minimum atomic E-state index is -2.99. The van der Waals surface area contributed by atoms with E-state index < -0.39 is 6.61 Å². The van der Waals surface area contributed by atoms with E-state index in [1.165, 1.54) is 13.0 Å². The number of nitrogens with zero attached hydrogens (tertiary/aromatic N) is 1. The minimum absolute atomic E-state index is 0.00722. The summed E-state index contributed by atoms with van der Waals surface area (Å²) in [5.74, 6) is -0.283. The third kappa shape index (κ3) is 2.18. The highest BCUT2D eigenvalue weighted by molar-refractivity contribution is 6.32. The molecule has 6 heteroatoms. The average molecular weight is 210 g/mol. The van der Waals surface area contributed by atoms with Gasteiger partial charge in [0.05, 0.1) is 5.02 Å². The predicted octanol–water partition coefficient (Wildman–Crippen LogP) is 1.88. The Morgan fingerprint density at radius 2 is 2.23 bits per heavy atom. The second-order valence-electron chi connectivity index (χ2n) is 2.28. The smallest absolute Gasteiger partial charge is 0.387 e. The highest BCUT2D eigenvalue weighted by Gasteiger charge is 2.17. The lowest BCUT2D eigenvalue weighted by molar-refractivity contribution is -0.612. The molecule has 0 aliphatic heterocycles. The maximum Gasteiger partial charge on any atom is 0.387 e. The number of halogens is 3. The number of ether oxygens (including phenoxy) is 1. The zero-order valence-electron chi connectivity index (χ0n) is 6.63. The molecule has 0 fully saturated rings. The Bertz CT molecular complexity index is 320. The van der Waals surface area contributed by atoms with Gasteiger partial charge in [0.1, 0.15) is 0 Å². The molecule has 0 aromatic carbocycles. The first-order valence-electron chi connectivity index (χ1n) is 3.35. The summed E-state index contributed by atoms with van der Waals surface area (Å²) in [6, 6.07) is 1.19. The summed E-state index contributed by atoms with van der Waals surface area (Å²) in [6.45, 7) is -1.64. The largest absolute Gasteiger partial charge is 0.618 e. The first-order valence-corrected chi connectivity index (χ1v) is 3.73. The van der Waals surface area contributed by atoms with E-state index in [9.17, 15) is 14.0 Å². The van der Waals surface area contributed by atoms with Gasteiger partial charge in [-0.15, -0.1) is 0 Å². The molecule has 0 saturated carbocycles. The Balaban J connectivity index is 3.10. The lowest BCUT2D eigenvalue weighted by Crippen LogP contribution is -2.30. The van der Waals surface area contributed by atoms with Gasteiger partial charge in [0.15, 0.2) is 6.20 Å². The third-order valence-corrected chi connectivity index (χ3v) is 1.74. The molecule has 13 heavy (non-hydrogen) atoms. The average Bonchev–Trinajstić information content (AvgIpc) is 2.05. The van der Waals surface area contributed by atoms with Crippen molar-refractivity contribution in [2.24, 2.45) is 0 Å². The summed E-state index contributed by atoms with van der Waals surface area (Å²) in [5.41, 5.74) is 0.00722. The van der Waals surface area contributed by atoms with Crippen LogP contribution in [0.25, 0.3) is 0 Å². The lowest BCUT2D eigenvalue weighted by atomic mass is 10.3. The van der Waals surface area contributed by atoms with E-state index in [1.54, 1.807) is 0 Å². The number of aromatic nitrogens is 1. The Morgan fingerprint density at radius 3 is 2.77 bits per heavy atom. The first kappa shape index (κ1) is 9.98. The molecule has 0 bridgehead atoms. The van der Waals surface area contributed by atoms with E-state index in [0.29, 0.717) is 4.73 Å². The van der Waals surface area contributed by atoms with Crippen molar-refractivity contribution in [2.45, 2.75) is 13.5 Å². The number of alkyl halides is 2. The van der Waals surface area contributed by atoms with Crippen molar-refractivity contribution in [3.8, 4) is 5.75 Å². The van der Waals surface area contributed by atoms with Gasteiger partial charge in [0.2, 0.25) is 11.4 Å². The third-order valence-electron chi connectivity index (χ3n) is 1.44. The van der Waals surface area contributed by atoms with Crippen molar-refractivity contribution < 1.29 is 18.2 Å². The molecule has 0 saturated heterocycles. The van der Waals surface area contributed by atoms with Crippen LogP contribution in [0.15, 0.2) is 12.3 Å². The second kappa shape index (κ2) is 3.74. The fourth-order valence-electron chi connectivity index (χ4n) is 0.824. The summed E-state index contributed by atoms with van der Waals surface area (Å²) in [5, 5.41) is 10.9. The van der Waals surface area contributed by atoms with Crippen LogP contribution in [0.4, 0.5) is 8.78 Å². The lowest BCUT2D eigenvalue weighted by Gasteiger charge is -2.08. The Kier molecular flexibility index (Phi) is 2.87. The summed E-state index contributed by atoms with van der Waals surface area (Å²) in [6.07, 6.45) is 1.12. The molecule has 1 aromatic heterocycles. The van der Waals surface area contributed by atoms with Crippen LogP contribution >= 0.6 is 11.6 Å². The van der Waals surface area contributed by atoms with Crippen molar-refractivity contribution in [2.75, 3.05) is 0 Å². The topological polar surface area (TPSA) is 36.2 Å². The Morgan fingerprint density at radius 1 is 1.62 bits per heavy atom. The summed E-state index contributed by atoms with van der Waals surface area (Å²) < 4.78 is 28.1. The van der Waals surface area contributed by atoms with Crippen molar-refractivity contribution in [3.63, 3.8) is 0 Å². The van der Waals surface area contributed by atoms with Crippen LogP contribution in [0, 0.1) is 12.1 Å². The van der Waals surface area contributed by atoms with Gasteiger partial charge in [-0.1, -0.05) is 11.6 Å². The van der Waals surface area contributed by atoms with Crippen molar-refractivity contribution in [3.05, 3.63) is 28.2 Å². The molecule has 0 radical (unpaired) electrons. The van der Waals surface area contributed by atoms with Gasteiger partial charge in [-0.05, 0) is 0 Å². The molecule has 0 spiro atoms. The van der Waals surface area contributed by atoms with Crippen LogP contribution < -0.4 is 9.47 Å². The fourth-order valence-corrected chi connectivity index (χ4v) is 1.06. The van der Waals surface area contributed by atoms with Crippen molar-refractivity contribution >= 4 is 11.6 Å². The van der Waals surface area contributed by atoms with E-state index in [-0.39, 0.29) is 16.5 Å². The molecule has 0 unspecified atom stereocenters. The molecule has 0 aliphatic rings. The monoisotopic (exact) mass is 209 g/mol. The number of hydrogen-bond donors (Lipinski definition) is 0. The van der Waals surface area contributed by atoms with E-state index in [0.717, 1.165) is 6.20 Å². The van der Waals surface area contributed by atoms with Gasteiger partial charge >= 0.3 is 6.61 Å². The van der Waals surface area contributed by atoms with Crippen LogP contribution in [0.1, 0.15) is 5.69 Å². The molecule has 0 amide bonds. The van der Waals surface area contributed by atoms with Crippen LogP contribution in [0.5, 0.6) is 5.75 Å². The molecule has 3 nitrogen and oxygen atoms in total. The maximum absolute atomic E-state index is 11.8. The molecule has 0 N–H and O–H groups in total. The molecule has 72 valence electrons. The van der Waals surface area contributed by atoms with Gasteiger partial charge in [0, 0.05) is 13.0 Å². The number of hydrogen-bond acceptors (Lipinski definition) is 2. The zero-order valence-corrected chi connectivity index (χ0v) is 7.39. The predicted molar refractivity (Wildman–Crippen MR) is 41.8 cm³/mol. The molecular formula is C7H6ClF2NO2. The van der Waals surface area contributed by atoms with Crippen LogP contribution in [-0.2, 0) is 0 Å². The number of pyridine rings is 1. The van der Waals surface area contributed by atoms with Crippen LogP contribution in [0.3, 0.4) is 0 Å². The standard InChI is InChI=1S/C7H6ClF2NO2/c1-4-6(13-7(9)10)5(8)2-3-11(4)12/h2-3,7H,1H3. The molecule has 1 rings (SSSR count). The maximum atomic E-state index is 11.8. The zero-order chi connectivity index (χ0) is 10.0. The van der Waals surface area contributed by atoms with Crippen molar-refractivity contribution in [1.29, 1.82) is 0 Å². The summed E-state index contributed by atoms with van der Waals surface area (Å²) in [4.78, 5) is 0.